The molecule has 7 heteroatoms. The molecule has 7 nitrogen and oxygen atoms in total. The Labute approximate surface area is 153 Å². The molecule has 0 N–H and O–H groups in total. The van der Waals surface area contributed by atoms with Crippen LogP contribution in [0.1, 0.15) is 62.2 Å². The highest BCUT2D eigenvalue weighted by Gasteiger charge is 2.37. The number of hydrogen-bond donors (Lipinski definition) is 0. The fourth-order valence-corrected chi connectivity index (χ4v) is 4.18. The molecule has 140 valence electrons. The van der Waals surface area contributed by atoms with E-state index in [1.54, 1.807) is 6.92 Å². The zero-order chi connectivity index (χ0) is 18.1. The van der Waals surface area contributed by atoms with E-state index in [9.17, 15) is 9.59 Å². The first kappa shape index (κ1) is 17.4. The standard InChI is InChI=1S/C19H26N4O3/c1-13(24)22-9-7-15-14(12-22)11-20-18(21-15)16-5-4-8-23(16)19(25)17-6-2-3-10-26-17/h11,16-17H,2-10,12H2,1H3/t16-,17+/m1/s1. The zero-order valence-corrected chi connectivity index (χ0v) is 15.3. The number of amides is 2. The molecule has 2 amide bonds. The molecule has 3 aliphatic rings. The van der Waals surface area contributed by atoms with Crippen LogP contribution in [0, 0.1) is 0 Å². The maximum Gasteiger partial charge on any atom is 0.252 e. The van der Waals surface area contributed by atoms with Crippen LogP contribution in [0.25, 0.3) is 0 Å². The van der Waals surface area contributed by atoms with Crippen LogP contribution >= 0.6 is 0 Å². The van der Waals surface area contributed by atoms with Crippen LogP contribution in [0.4, 0.5) is 0 Å². The number of aromatic nitrogens is 2. The molecule has 0 aromatic carbocycles. The fraction of sp³-hybridized carbons (Fsp3) is 0.684. The number of carbonyl (C=O) groups is 2. The molecule has 0 spiro atoms. The van der Waals surface area contributed by atoms with Gasteiger partial charge in [0.05, 0.1) is 11.7 Å². The van der Waals surface area contributed by atoms with Crippen molar-refractivity contribution < 1.29 is 14.3 Å². The van der Waals surface area contributed by atoms with Gasteiger partial charge in [-0.2, -0.15) is 0 Å². The van der Waals surface area contributed by atoms with Gasteiger partial charge >= 0.3 is 0 Å². The van der Waals surface area contributed by atoms with E-state index in [1.165, 1.54) is 0 Å². The molecular formula is C19H26N4O3. The average molecular weight is 358 g/mol. The fourth-order valence-electron chi connectivity index (χ4n) is 4.18. The largest absolute Gasteiger partial charge is 0.368 e. The van der Waals surface area contributed by atoms with Crippen molar-refractivity contribution in [1.29, 1.82) is 0 Å². The van der Waals surface area contributed by atoms with Gasteiger partial charge in [0, 0.05) is 51.3 Å². The molecule has 2 saturated heterocycles. The van der Waals surface area contributed by atoms with Gasteiger partial charge in [-0.25, -0.2) is 9.97 Å². The van der Waals surface area contributed by atoms with Gasteiger partial charge < -0.3 is 14.5 Å². The topological polar surface area (TPSA) is 75.6 Å². The van der Waals surface area contributed by atoms with Crippen LogP contribution in [0.15, 0.2) is 6.20 Å². The summed E-state index contributed by atoms with van der Waals surface area (Å²) in [5.74, 6) is 0.915. The molecule has 0 bridgehead atoms. The van der Waals surface area contributed by atoms with Crippen molar-refractivity contribution in [2.45, 2.75) is 64.1 Å². The van der Waals surface area contributed by atoms with E-state index < -0.39 is 0 Å². The minimum absolute atomic E-state index is 0.0517. The third kappa shape index (κ3) is 3.32. The molecule has 26 heavy (non-hydrogen) atoms. The molecule has 2 fully saturated rings. The second kappa shape index (κ2) is 7.31. The van der Waals surface area contributed by atoms with E-state index in [4.69, 9.17) is 9.72 Å². The van der Waals surface area contributed by atoms with Gasteiger partial charge in [-0.1, -0.05) is 0 Å². The molecule has 1 aromatic heterocycles. The Morgan fingerprint density at radius 2 is 2.08 bits per heavy atom. The number of fused-ring (bicyclic) bond motifs is 1. The maximum absolute atomic E-state index is 12.9. The molecule has 0 aliphatic carbocycles. The molecule has 0 radical (unpaired) electrons. The second-order valence-electron chi connectivity index (χ2n) is 7.44. The summed E-state index contributed by atoms with van der Waals surface area (Å²) in [7, 11) is 0. The number of likely N-dealkylation sites (tertiary alicyclic amines) is 1. The maximum atomic E-state index is 12.9. The molecule has 3 aliphatic heterocycles. The van der Waals surface area contributed by atoms with Crippen molar-refractivity contribution in [3.05, 3.63) is 23.3 Å². The quantitative estimate of drug-likeness (QED) is 0.803. The summed E-state index contributed by atoms with van der Waals surface area (Å²) in [6.07, 6.45) is 7.06. The average Bonchev–Trinajstić information content (AvgIpc) is 3.17. The Morgan fingerprint density at radius 1 is 1.19 bits per heavy atom. The summed E-state index contributed by atoms with van der Waals surface area (Å²) < 4.78 is 5.69. The summed E-state index contributed by atoms with van der Waals surface area (Å²) in [6, 6.07) is -0.0517. The highest BCUT2D eigenvalue weighted by atomic mass is 16.5. The lowest BCUT2D eigenvalue weighted by Crippen LogP contribution is -2.42. The molecular weight excluding hydrogens is 332 g/mol. The normalized spacial score (nSPS) is 25.9. The van der Waals surface area contributed by atoms with E-state index in [0.717, 1.165) is 62.2 Å². The van der Waals surface area contributed by atoms with E-state index >= 15 is 0 Å². The van der Waals surface area contributed by atoms with Gasteiger partial charge in [-0.3, -0.25) is 9.59 Å². The smallest absolute Gasteiger partial charge is 0.252 e. The second-order valence-corrected chi connectivity index (χ2v) is 7.44. The van der Waals surface area contributed by atoms with Crippen molar-refractivity contribution in [2.24, 2.45) is 0 Å². The Balaban J connectivity index is 1.51. The summed E-state index contributed by atoms with van der Waals surface area (Å²) in [6.45, 7) is 4.30. The van der Waals surface area contributed by atoms with Crippen molar-refractivity contribution in [3.8, 4) is 0 Å². The van der Waals surface area contributed by atoms with E-state index in [2.05, 4.69) is 4.98 Å². The number of carbonyl (C=O) groups excluding carboxylic acids is 2. The molecule has 0 unspecified atom stereocenters. The van der Waals surface area contributed by atoms with Crippen molar-refractivity contribution in [1.82, 2.24) is 19.8 Å². The highest BCUT2D eigenvalue weighted by molar-refractivity contribution is 5.81. The lowest BCUT2D eigenvalue weighted by molar-refractivity contribution is -0.147. The van der Waals surface area contributed by atoms with Crippen LogP contribution in [0.3, 0.4) is 0 Å². The molecule has 4 rings (SSSR count). The minimum atomic E-state index is -0.300. The molecule has 1 aromatic rings. The minimum Gasteiger partial charge on any atom is -0.368 e. The van der Waals surface area contributed by atoms with Gasteiger partial charge in [0.15, 0.2) is 5.82 Å². The van der Waals surface area contributed by atoms with Gasteiger partial charge in [-0.05, 0) is 32.1 Å². The van der Waals surface area contributed by atoms with E-state index in [1.807, 2.05) is 16.0 Å². The van der Waals surface area contributed by atoms with Crippen LogP contribution in [0.5, 0.6) is 0 Å². The first-order valence-electron chi connectivity index (χ1n) is 9.66. The predicted molar refractivity (Wildman–Crippen MR) is 94.1 cm³/mol. The summed E-state index contributed by atoms with van der Waals surface area (Å²) in [4.78, 5) is 37.6. The predicted octanol–water partition coefficient (Wildman–Crippen LogP) is 1.61. The Morgan fingerprint density at radius 3 is 2.85 bits per heavy atom. The van der Waals surface area contributed by atoms with Gasteiger partial charge in [-0.15, -0.1) is 0 Å². The van der Waals surface area contributed by atoms with Crippen molar-refractivity contribution in [3.63, 3.8) is 0 Å². The Hall–Kier alpha value is -2.02. The summed E-state index contributed by atoms with van der Waals surface area (Å²) >= 11 is 0. The van der Waals surface area contributed by atoms with Crippen molar-refractivity contribution in [2.75, 3.05) is 19.7 Å². The number of ether oxygens (including phenoxy) is 1. The molecule has 4 heterocycles. The van der Waals surface area contributed by atoms with Crippen LogP contribution in [0.2, 0.25) is 0 Å². The number of nitrogens with zero attached hydrogens (tertiary/aromatic N) is 4. The monoisotopic (exact) mass is 358 g/mol. The highest BCUT2D eigenvalue weighted by Crippen LogP contribution is 2.32. The van der Waals surface area contributed by atoms with Crippen molar-refractivity contribution >= 4 is 11.8 Å². The van der Waals surface area contributed by atoms with Crippen LogP contribution in [-0.4, -0.2) is 57.4 Å². The SMILES string of the molecule is CC(=O)N1CCc2nc([C@H]3CCCN3C(=O)[C@@H]3CCCCO3)ncc2C1. The first-order chi connectivity index (χ1) is 12.6. The summed E-state index contributed by atoms with van der Waals surface area (Å²) in [5, 5.41) is 0. The lowest BCUT2D eigenvalue weighted by Gasteiger charge is -2.31. The third-order valence-electron chi connectivity index (χ3n) is 5.69. The number of rotatable bonds is 2. The lowest BCUT2D eigenvalue weighted by atomic mass is 10.1. The molecule has 0 saturated carbocycles. The van der Waals surface area contributed by atoms with Crippen LogP contribution < -0.4 is 0 Å². The van der Waals surface area contributed by atoms with E-state index in [0.29, 0.717) is 19.7 Å². The first-order valence-corrected chi connectivity index (χ1v) is 9.66. The van der Waals surface area contributed by atoms with E-state index in [-0.39, 0.29) is 24.0 Å². The summed E-state index contributed by atoms with van der Waals surface area (Å²) in [5.41, 5.74) is 2.03. The zero-order valence-electron chi connectivity index (χ0n) is 15.3. The third-order valence-corrected chi connectivity index (χ3v) is 5.69. The Kier molecular flexibility index (Phi) is 4.89. The molecule has 2 atom stereocenters. The van der Waals surface area contributed by atoms with Gasteiger partial charge in [0.1, 0.15) is 6.10 Å². The van der Waals surface area contributed by atoms with Gasteiger partial charge in [0.25, 0.3) is 5.91 Å². The Bertz CT molecular complexity index is 702. The van der Waals surface area contributed by atoms with Crippen LogP contribution in [-0.2, 0) is 27.3 Å². The number of hydrogen-bond acceptors (Lipinski definition) is 5. The van der Waals surface area contributed by atoms with Gasteiger partial charge in [0.2, 0.25) is 5.91 Å².